The molecule has 0 N–H and O–H groups in total. The molecule has 154 valence electrons. The van der Waals surface area contributed by atoms with Gasteiger partial charge in [-0.15, -0.1) is 0 Å². The van der Waals surface area contributed by atoms with Crippen molar-refractivity contribution in [2.45, 2.75) is 24.8 Å². The number of likely N-dealkylation sites (tertiary alicyclic amines) is 1. The van der Waals surface area contributed by atoms with E-state index in [1.807, 2.05) is 12.2 Å². The number of amides is 2. The molecule has 1 spiro atoms. The van der Waals surface area contributed by atoms with Crippen molar-refractivity contribution in [3.63, 3.8) is 0 Å². The van der Waals surface area contributed by atoms with Gasteiger partial charge in [0, 0.05) is 19.8 Å². The summed E-state index contributed by atoms with van der Waals surface area (Å²) in [7, 11) is 1.71. The van der Waals surface area contributed by atoms with E-state index in [2.05, 4.69) is 9.97 Å². The summed E-state index contributed by atoms with van der Waals surface area (Å²) < 4.78 is 19.4. The third kappa shape index (κ3) is 2.99. The molecule has 3 aliphatic heterocycles. The van der Waals surface area contributed by atoms with Gasteiger partial charge in [0.05, 0.1) is 36.7 Å². The number of aromatic nitrogens is 2. The normalized spacial score (nSPS) is 28.8. The second-order valence-electron chi connectivity index (χ2n) is 8.12. The van der Waals surface area contributed by atoms with Crippen molar-refractivity contribution in [1.29, 1.82) is 0 Å². The van der Waals surface area contributed by atoms with Crippen LogP contribution in [0.4, 0.5) is 4.39 Å². The largest absolute Gasteiger partial charge is 0.360 e. The molecule has 4 heterocycles. The number of halogens is 1. The lowest BCUT2D eigenvalue weighted by Gasteiger charge is -2.27. The van der Waals surface area contributed by atoms with E-state index < -0.39 is 23.5 Å². The van der Waals surface area contributed by atoms with Crippen LogP contribution in [0.1, 0.15) is 11.3 Å². The minimum Gasteiger partial charge on any atom is -0.360 e. The van der Waals surface area contributed by atoms with Gasteiger partial charge in [-0.1, -0.05) is 24.3 Å². The van der Waals surface area contributed by atoms with E-state index in [4.69, 9.17) is 4.74 Å². The van der Waals surface area contributed by atoms with Crippen LogP contribution in [0, 0.1) is 17.7 Å². The first kappa shape index (κ1) is 18.9. The Morgan fingerprint density at radius 1 is 1.33 bits per heavy atom. The molecule has 2 aromatic rings. The maximum Gasteiger partial charge on any atom is 0.230 e. The van der Waals surface area contributed by atoms with Crippen molar-refractivity contribution < 1.29 is 18.7 Å². The van der Waals surface area contributed by atoms with E-state index in [1.165, 1.54) is 18.5 Å². The van der Waals surface area contributed by atoms with Crippen LogP contribution in [0.25, 0.3) is 0 Å². The molecule has 3 aliphatic rings. The van der Waals surface area contributed by atoms with E-state index in [0.29, 0.717) is 19.6 Å². The Bertz CT molecular complexity index is 1010. The molecule has 8 heteroatoms. The zero-order valence-corrected chi connectivity index (χ0v) is 16.4. The number of hydrogen-bond acceptors (Lipinski definition) is 5. The number of carbonyl (C=O) groups excluding carboxylic acids is 2. The van der Waals surface area contributed by atoms with Crippen molar-refractivity contribution in [2.24, 2.45) is 11.8 Å². The van der Waals surface area contributed by atoms with Gasteiger partial charge in [-0.2, -0.15) is 0 Å². The molecule has 1 aromatic carbocycles. The van der Waals surface area contributed by atoms with Crippen molar-refractivity contribution in [1.82, 2.24) is 19.8 Å². The summed E-state index contributed by atoms with van der Waals surface area (Å²) in [4.78, 5) is 37.9. The molecule has 0 radical (unpaired) electrons. The summed E-state index contributed by atoms with van der Waals surface area (Å²) in [5, 5.41) is 0. The van der Waals surface area contributed by atoms with Crippen molar-refractivity contribution >= 4 is 11.8 Å². The third-order valence-electron chi connectivity index (χ3n) is 6.17. The molecular weight excluding hydrogens is 387 g/mol. The number of benzene rings is 1. The number of nitrogens with zero attached hydrogens (tertiary/aromatic N) is 4. The lowest BCUT2D eigenvalue weighted by molar-refractivity contribution is -0.142. The van der Waals surface area contributed by atoms with Crippen LogP contribution in [-0.2, 0) is 27.4 Å². The van der Waals surface area contributed by atoms with Crippen molar-refractivity contribution in [3.05, 3.63) is 72.1 Å². The average molecular weight is 408 g/mol. The maximum absolute atomic E-state index is 13.3. The number of carbonyl (C=O) groups is 2. The number of ether oxygens (including phenoxy) is 1. The first-order valence-corrected chi connectivity index (χ1v) is 9.87. The molecule has 2 saturated heterocycles. The lowest BCUT2D eigenvalue weighted by Crippen LogP contribution is -2.44. The minimum atomic E-state index is -0.766. The number of fused-ring (bicyclic) bond motifs is 1. The van der Waals surface area contributed by atoms with Gasteiger partial charge in [-0.05, 0) is 23.8 Å². The Morgan fingerprint density at radius 3 is 2.87 bits per heavy atom. The highest BCUT2D eigenvalue weighted by atomic mass is 19.1. The molecule has 0 aliphatic carbocycles. The Labute approximate surface area is 173 Å². The second kappa shape index (κ2) is 6.98. The summed E-state index contributed by atoms with van der Waals surface area (Å²) in [5.74, 6) is -1.66. The Kier molecular flexibility index (Phi) is 4.39. The van der Waals surface area contributed by atoms with Crippen LogP contribution in [0.3, 0.4) is 0 Å². The van der Waals surface area contributed by atoms with Gasteiger partial charge < -0.3 is 14.5 Å². The predicted octanol–water partition coefficient (Wildman–Crippen LogP) is 1.56. The fourth-order valence-corrected chi connectivity index (χ4v) is 4.79. The van der Waals surface area contributed by atoms with Gasteiger partial charge in [0.25, 0.3) is 0 Å². The Balaban J connectivity index is 1.35. The van der Waals surface area contributed by atoms with E-state index in [1.54, 1.807) is 41.2 Å². The van der Waals surface area contributed by atoms with Crippen LogP contribution < -0.4 is 0 Å². The molecule has 7 nitrogen and oxygen atoms in total. The molecule has 5 rings (SSSR count). The Morgan fingerprint density at radius 2 is 2.13 bits per heavy atom. The van der Waals surface area contributed by atoms with Crippen LogP contribution in [0.15, 0.2) is 55.0 Å². The monoisotopic (exact) mass is 408 g/mol. The Hall–Kier alpha value is -3.13. The van der Waals surface area contributed by atoms with E-state index in [-0.39, 0.29) is 17.6 Å². The topological polar surface area (TPSA) is 75.6 Å². The van der Waals surface area contributed by atoms with Gasteiger partial charge in [-0.25, -0.2) is 14.4 Å². The van der Waals surface area contributed by atoms with Gasteiger partial charge in [0.2, 0.25) is 11.8 Å². The predicted molar refractivity (Wildman–Crippen MR) is 104 cm³/mol. The average Bonchev–Trinajstić information content (AvgIpc) is 3.38. The maximum atomic E-state index is 13.3. The molecule has 1 aromatic heterocycles. The number of rotatable bonds is 5. The molecule has 30 heavy (non-hydrogen) atoms. The first-order valence-electron chi connectivity index (χ1n) is 9.87. The molecule has 2 bridgehead atoms. The van der Waals surface area contributed by atoms with Crippen LogP contribution in [-0.4, -0.2) is 56.9 Å². The van der Waals surface area contributed by atoms with Gasteiger partial charge in [-0.3, -0.25) is 9.59 Å². The fourth-order valence-electron chi connectivity index (χ4n) is 4.79. The van der Waals surface area contributed by atoms with Gasteiger partial charge >= 0.3 is 0 Å². The SMILES string of the molecule is CN(Cc1ccncn1)C(=O)C1C2C(=O)N(Cc3ccc(F)cc3)C[C@@]23C=C[C@@H]1O3. The highest BCUT2D eigenvalue weighted by Crippen LogP contribution is 2.52. The zero-order chi connectivity index (χ0) is 20.9. The zero-order valence-electron chi connectivity index (χ0n) is 16.4. The summed E-state index contributed by atoms with van der Waals surface area (Å²) in [6, 6.07) is 7.85. The smallest absolute Gasteiger partial charge is 0.230 e. The van der Waals surface area contributed by atoms with Gasteiger partial charge in [0.15, 0.2) is 0 Å². The van der Waals surface area contributed by atoms with Crippen LogP contribution in [0.5, 0.6) is 0 Å². The van der Waals surface area contributed by atoms with Gasteiger partial charge in [0.1, 0.15) is 17.7 Å². The molecule has 2 unspecified atom stereocenters. The first-order chi connectivity index (χ1) is 14.5. The van der Waals surface area contributed by atoms with Crippen LogP contribution >= 0.6 is 0 Å². The quantitative estimate of drug-likeness (QED) is 0.702. The summed E-state index contributed by atoms with van der Waals surface area (Å²) >= 11 is 0. The van der Waals surface area contributed by atoms with Crippen LogP contribution in [0.2, 0.25) is 0 Å². The standard InChI is InChI=1S/C22H21FN4O3/c1-26(11-16-7-9-24-13-25-16)20(28)18-17-6-8-22(30-17)12-27(21(29)19(18)22)10-14-2-4-15(23)5-3-14/h2-9,13,17-19H,10-12H2,1H3/t17-,18?,19?,22-/m0/s1. The van der Waals surface area contributed by atoms with Crippen molar-refractivity contribution in [2.75, 3.05) is 13.6 Å². The third-order valence-corrected chi connectivity index (χ3v) is 6.17. The van der Waals surface area contributed by atoms with Crippen molar-refractivity contribution in [3.8, 4) is 0 Å². The lowest BCUT2D eigenvalue weighted by atomic mass is 9.76. The summed E-state index contributed by atoms with van der Waals surface area (Å²) in [6.07, 6.45) is 6.50. The van der Waals surface area contributed by atoms with E-state index >= 15 is 0 Å². The number of hydrogen-bond donors (Lipinski definition) is 0. The summed E-state index contributed by atoms with van der Waals surface area (Å²) in [5.41, 5.74) is 0.798. The molecule has 4 atom stereocenters. The summed E-state index contributed by atoms with van der Waals surface area (Å²) in [6.45, 7) is 1.08. The second-order valence-corrected chi connectivity index (χ2v) is 8.12. The fraction of sp³-hybridized carbons (Fsp3) is 0.364. The molecule has 2 fully saturated rings. The van der Waals surface area contributed by atoms with E-state index in [9.17, 15) is 14.0 Å². The molecule has 0 saturated carbocycles. The highest BCUT2D eigenvalue weighted by molar-refractivity contribution is 5.93. The highest BCUT2D eigenvalue weighted by Gasteiger charge is 2.67. The molecular formula is C22H21FN4O3. The minimum absolute atomic E-state index is 0.0973. The van der Waals surface area contributed by atoms with E-state index in [0.717, 1.165) is 11.3 Å². The molecule has 2 amide bonds.